The highest BCUT2D eigenvalue weighted by molar-refractivity contribution is 5.76. The lowest BCUT2D eigenvalue weighted by Gasteiger charge is -2.04. The van der Waals surface area contributed by atoms with E-state index in [1.54, 1.807) is 12.1 Å². The summed E-state index contributed by atoms with van der Waals surface area (Å²) in [6.07, 6.45) is 0. The summed E-state index contributed by atoms with van der Waals surface area (Å²) in [5.74, 6) is -0.561. The first-order chi connectivity index (χ1) is 8.81. The van der Waals surface area contributed by atoms with Gasteiger partial charge < -0.3 is 0 Å². The molecule has 0 aliphatic rings. The number of para-hydroxylation sites is 1. The number of halogens is 1. The molecule has 4 nitrogen and oxygen atoms in total. The molecule has 0 atom stereocenters. The molecule has 5 heteroatoms. The Morgan fingerprint density at radius 1 is 1.11 bits per heavy atom. The fraction of sp³-hybridized carbons (Fsp3) is 0. The summed E-state index contributed by atoms with van der Waals surface area (Å²) in [4.78, 5) is 0. The van der Waals surface area contributed by atoms with Crippen LogP contribution in [0.15, 0.2) is 42.5 Å². The number of fused-ring (bicyclic) bond motifs is 1. The molecule has 86 valence electrons. The number of hydrogen-bond donors (Lipinski definition) is 0. The van der Waals surface area contributed by atoms with Crippen molar-refractivity contribution in [3.63, 3.8) is 0 Å². The third kappa shape index (κ3) is 1.44. The topological polar surface area (TPSA) is 54.5 Å². The normalized spacial score (nSPS) is 10.4. The highest BCUT2D eigenvalue weighted by Crippen LogP contribution is 2.20. The van der Waals surface area contributed by atoms with E-state index in [4.69, 9.17) is 5.26 Å². The number of nitriles is 1. The minimum atomic E-state index is -0.561. The van der Waals surface area contributed by atoms with Crippen LogP contribution in [-0.2, 0) is 0 Å². The summed E-state index contributed by atoms with van der Waals surface area (Å²) in [6.45, 7) is 0. The molecule has 0 spiro atoms. The van der Waals surface area contributed by atoms with Gasteiger partial charge in [-0.05, 0) is 24.3 Å². The Morgan fingerprint density at radius 2 is 1.94 bits per heavy atom. The van der Waals surface area contributed by atoms with Gasteiger partial charge in [-0.3, -0.25) is 0 Å². The molecule has 0 saturated carbocycles. The Kier molecular flexibility index (Phi) is 2.27. The van der Waals surface area contributed by atoms with Gasteiger partial charge in [0.15, 0.2) is 0 Å². The van der Waals surface area contributed by atoms with Gasteiger partial charge in [-0.1, -0.05) is 23.4 Å². The van der Waals surface area contributed by atoms with Crippen molar-refractivity contribution in [3.8, 4) is 11.8 Å². The molecule has 0 radical (unpaired) electrons. The van der Waals surface area contributed by atoms with Crippen molar-refractivity contribution >= 4 is 11.0 Å². The van der Waals surface area contributed by atoms with Crippen LogP contribution in [0.5, 0.6) is 0 Å². The smallest absolute Gasteiger partial charge is 0.143 e. The van der Waals surface area contributed by atoms with Crippen molar-refractivity contribution in [3.05, 3.63) is 53.8 Å². The first kappa shape index (κ1) is 10.4. The van der Waals surface area contributed by atoms with Gasteiger partial charge in [0.05, 0.1) is 11.2 Å². The quantitative estimate of drug-likeness (QED) is 0.654. The monoisotopic (exact) mass is 238 g/mol. The van der Waals surface area contributed by atoms with Crippen molar-refractivity contribution in [1.29, 1.82) is 5.26 Å². The Hall–Kier alpha value is -2.74. The lowest BCUT2D eigenvalue weighted by molar-refractivity contribution is 0.621. The maximum Gasteiger partial charge on any atom is 0.143 e. The molecule has 0 aliphatic heterocycles. The van der Waals surface area contributed by atoms with E-state index in [9.17, 15) is 4.39 Å². The second kappa shape index (κ2) is 3.93. The molecule has 0 N–H and O–H groups in total. The van der Waals surface area contributed by atoms with Crippen LogP contribution in [0.1, 0.15) is 5.56 Å². The van der Waals surface area contributed by atoms with E-state index < -0.39 is 5.82 Å². The lowest BCUT2D eigenvalue weighted by Crippen LogP contribution is -2.01. The van der Waals surface area contributed by atoms with E-state index in [2.05, 4.69) is 10.3 Å². The zero-order valence-electron chi connectivity index (χ0n) is 9.21. The summed E-state index contributed by atoms with van der Waals surface area (Å²) in [5, 5.41) is 17.0. The zero-order valence-corrected chi connectivity index (χ0v) is 9.21. The van der Waals surface area contributed by atoms with Gasteiger partial charge in [0, 0.05) is 0 Å². The molecular weight excluding hydrogens is 231 g/mol. The van der Waals surface area contributed by atoms with E-state index in [0.29, 0.717) is 11.2 Å². The molecule has 0 saturated heterocycles. The molecule has 0 aliphatic carbocycles. The van der Waals surface area contributed by atoms with Gasteiger partial charge in [0.1, 0.15) is 23.0 Å². The van der Waals surface area contributed by atoms with Crippen LogP contribution in [-0.4, -0.2) is 15.0 Å². The van der Waals surface area contributed by atoms with Crippen LogP contribution in [0.3, 0.4) is 0 Å². The fourth-order valence-electron chi connectivity index (χ4n) is 1.85. The third-order valence-corrected chi connectivity index (χ3v) is 2.68. The lowest BCUT2D eigenvalue weighted by atomic mass is 10.2. The SMILES string of the molecule is N#Cc1c(F)cccc1-n1nnc2ccccc21. The number of nitrogens with zero attached hydrogens (tertiary/aromatic N) is 4. The number of rotatable bonds is 1. The fourth-order valence-corrected chi connectivity index (χ4v) is 1.85. The first-order valence-corrected chi connectivity index (χ1v) is 5.30. The molecule has 0 fully saturated rings. The van der Waals surface area contributed by atoms with E-state index >= 15 is 0 Å². The predicted octanol–water partition coefficient (Wildman–Crippen LogP) is 2.43. The summed E-state index contributed by atoms with van der Waals surface area (Å²) in [7, 11) is 0. The number of benzene rings is 2. The molecule has 3 rings (SSSR count). The maximum atomic E-state index is 13.6. The van der Waals surface area contributed by atoms with E-state index in [1.165, 1.54) is 10.7 Å². The largest absolute Gasteiger partial charge is 0.211 e. The summed E-state index contributed by atoms with van der Waals surface area (Å²) in [5.41, 5.74) is 1.80. The van der Waals surface area contributed by atoms with Crippen molar-refractivity contribution < 1.29 is 4.39 Å². The van der Waals surface area contributed by atoms with Gasteiger partial charge in [-0.15, -0.1) is 5.10 Å². The predicted molar refractivity (Wildman–Crippen MR) is 63.5 cm³/mol. The van der Waals surface area contributed by atoms with Crippen molar-refractivity contribution in [1.82, 2.24) is 15.0 Å². The molecule has 0 amide bonds. The van der Waals surface area contributed by atoms with Gasteiger partial charge in [0.25, 0.3) is 0 Å². The van der Waals surface area contributed by atoms with Crippen molar-refractivity contribution in [2.75, 3.05) is 0 Å². The molecule has 2 aromatic carbocycles. The Labute approximate surface area is 102 Å². The van der Waals surface area contributed by atoms with Gasteiger partial charge in [0.2, 0.25) is 0 Å². The van der Waals surface area contributed by atoms with E-state index in [-0.39, 0.29) is 5.56 Å². The number of aromatic nitrogens is 3. The van der Waals surface area contributed by atoms with Crippen LogP contribution in [0.2, 0.25) is 0 Å². The second-order valence-electron chi connectivity index (χ2n) is 3.74. The molecule has 18 heavy (non-hydrogen) atoms. The standard InChI is InChI=1S/C13H7FN4/c14-10-4-3-7-12(9(10)8-15)18-13-6-2-1-5-11(13)16-17-18/h1-7H. The molecule has 0 bridgehead atoms. The highest BCUT2D eigenvalue weighted by atomic mass is 19.1. The van der Waals surface area contributed by atoms with Crippen LogP contribution in [0.25, 0.3) is 16.7 Å². The third-order valence-electron chi connectivity index (χ3n) is 2.68. The van der Waals surface area contributed by atoms with E-state index in [1.807, 2.05) is 30.3 Å². The van der Waals surface area contributed by atoms with Crippen LogP contribution in [0.4, 0.5) is 4.39 Å². The highest BCUT2D eigenvalue weighted by Gasteiger charge is 2.13. The summed E-state index contributed by atoms with van der Waals surface area (Å²) < 4.78 is 15.0. The average molecular weight is 238 g/mol. The van der Waals surface area contributed by atoms with Gasteiger partial charge in [-0.25, -0.2) is 9.07 Å². The van der Waals surface area contributed by atoms with Crippen molar-refractivity contribution in [2.24, 2.45) is 0 Å². The summed E-state index contributed by atoms with van der Waals surface area (Å²) in [6, 6.07) is 13.6. The Bertz CT molecular complexity index is 770. The molecule has 1 aromatic heterocycles. The molecule has 1 heterocycles. The first-order valence-electron chi connectivity index (χ1n) is 5.30. The second-order valence-corrected chi connectivity index (χ2v) is 3.74. The van der Waals surface area contributed by atoms with Gasteiger partial charge >= 0.3 is 0 Å². The minimum absolute atomic E-state index is 0.0341. The van der Waals surface area contributed by atoms with E-state index in [0.717, 1.165) is 5.52 Å². The Balaban J connectivity index is 2.34. The molecular formula is C13H7FN4. The number of hydrogen-bond acceptors (Lipinski definition) is 3. The van der Waals surface area contributed by atoms with Crippen molar-refractivity contribution in [2.45, 2.75) is 0 Å². The van der Waals surface area contributed by atoms with Crippen LogP contribution in [0, 0.1) is 17.1 Å². The average Bonchev–Trinajstić information content (AvgIpc) is 2.82. The summed E-state index contributed by atoms with van der Waals surface area (Å²) >= 11 is 0. The zero-order chi connectivity index (χ0) is 12.5. The molecule has 0 unspecified atom stereocenters. The van der Waals surface area contributed by atoms with Crippen LogP contribution < -0.4 is 0 Å². The minimum Gasteiger partial charge on any atom is -0.211 e. The Morgan fingerprint density at radius 3 is 2.78 bits per heavy atom. The van der Waals surface area contributed by atoms with Crippen LogP contribution >= 0.6 is 0 Å². The van der Waals surface area contributed by atoms with Gasteiger partial charge in [-0.2, -0.15) is 5.26 Å². The maximum absolute atomic E-state index is 13.6. The molecule has 3 aromatic rings.